The van der Waals surface area contributed by atoms with Gasteiger partial charge in [0.05, 0.1) is 0 Å². The van der Waals surface area contributed by atoms with Crippen LogP contribution in [0.1, 0.15) is 49.8 Å². The van der Waals surface area contributed by atoms with Crippen molar-refractivity contribution in [2.24, 2.45) is 5.92 Å². The Morgan fingerprint density at radius 2 is 2.37 bits per heavy atom. The van der Waals surface area contributed by atoms with Gasteiger partial charge in [0.2, 0.25) is 5.91 Å². The molecule has 106 valence electrons. The van der Waals surface area contributed by atoms with Gasteiger partial charge in [0.25, 0.3) is 0 Å². The predicted octanol–water partition coefficient (Wildman–Crippen LogP) is 4.54. The van der Waals surface area contributed by atoms with Crippen molar-refractivity contribution in [3.63, 3.8) is 0 Å². The highest BCUT2D eigenvalue weighted by Crippen LogP contribution is 2.41. The number of hydrogen-bond acceptors (Lipinski definition) is 3. The quantitative estimate of drug-likeness (QED) is 0.768. The monoisotopic (exact) mass is 297 g/mol. The zero-order chi connectivity index (χ0) is 13.7. The number of carbonyl (C=O) groups is 1. The van der Waals surface area contributed by atoms with Gasteiger partial charge in [-0.15, -0.1) is 23.1 Å². The summed E-state index contributed by atoms with van der Waals surface area (Å²) in [6.45, 7) is 5.24. The number of hydrogen-bond donors (Lipinski definition) is 0. The third-order valence-corrected chi connectivity index (χ3v) is 6.03. The molecule has 0 aromatic carbocycles. The van der Waals surface area contributed by atoms with E-state index in [4.69, 9.17) is 0 Å². The van der Waals surface area contributed by atoms with E-state index in [0.717, 1.165) is 31.6 Å². The fourth-order valence-electron chi connectivity index (χ4n) is 2.55. The average molecular weight is 297 g/mol. The first-order chi connectivity index (χ1) is 9.27. The van der Waals surface area contributed by atoms with Crippen molar-refractivity contribution in [3.05, 3.63) is 22.4 Å². The Bertz CT molecular complexity index is 391. The van der Waals surface area contributed by atoms with Crippen LogP contribution in [0.2, 0.25) is 0 Å². The van der Waals surface area contributed by atoms with E-state index in [0.29, 0.717) is 5.91 Å². The number of unbranched alkanes of at least 4 members (excludes halogenated alkanes) is 1. The molecular formula is C15H23NOS2. The molecule has 0 bridgehead atoms. The Morgan fingerprint density at radius 1 is 1.53 bits per heavy atom. The third-order valence-electron chi connectivity index (χ3n) is 3.71. The summed E-state index contributed by atoms with van der Waals surface area (Å²) in [5, 5.41) is 2.37. The smallest absolute Gasteiger partial charge is 0.226 e. The van der Waals surface area contributed by atoms with Crippen LogP contribution in [0.4, 0.5) is 0 Å². The largest absolute Gasteiger partial charge is 0.325 e. The Labute approximate surface area is 124 Å². The van der Waals surface area contributed by atoms with Crippen molar-refractivity contribution < 1.29 is 4.79 Å². The lowest BCUT2D eigenvalue weighted by Crippen LogP contribution is -2.35. The highest BCUT2D eigenvalue weighted by atomic mass is 32.2. The maximum atomic E-state index is 12.7. The molecule has 0 N–H and O–H groups in total. The molecule has 1 saturated heterocycles. The van der Waals surface area contributed by atoms with Gasteiger partial charge < -0.3 is 4.90 Å². The van der Waals surface area contributed by atoms with Gasteiger partial charge in [-0.05, 0) is 24.3 Å². The summed E-state index contributed by atoms with van der Waals surface area (Å²) in [6.07, 6.45) is 4.35. The molecule has 2 heterocycles. The van der Waals surface area contributed by atoms with Gasteiger partial charge in [0.15, 0.2) is 0 Å². The molecule has 1 aliphatic rings. The number of amides is 1. The second-order valence-electron chi connectivity index (χ2n) is 5.02. The van der Waals surface area contributed by atoms with Crippen LogP contribution < -0.4 is 0 Å². The molecule has 1 amide bonds. The third kappa shape index (κ3) is 3.54. The number of rotatable bonds is 6. The maximum Gasteiger partial charge on any atom is 0.226 e. The Kier molecular flexibility index (Phi) is 5.76. The van der Waals surface area contributed by atoms with Crippen LogP contribution in [0.3, 0.4) is 0 Å². The predicted molar refractivity (Wildman–Crippen MR) is 84.5 cm³/mol. The molecule has 2 atom stereocenters. The maximum absolute atomic E-state index is 12.7. The molecule has 4 heteroatoms. The van der Waals surface area contributed by atoms with Crippen LogP contribution in [0.15, 0.2) is 17.5 Å². The average Bonchev–Trinajstić information content (AvgIpc) is 3.09. The van der Waals surface area contributed by atoms with Crippen molar-refractivity contribution in [2.45, 2.75) is 44.9 Å². The summed E-state index contributed by atoms with van der Waals surface area (Å²) >= 11 is 3.67. The van der Waals surface area contributed by atoms with E-state index < -0.39 is 0 Å². The summed E-state index contributed by atoms with van der Waals surface area (Å²) in [6, 6.07) is 4.23. The van der Waals surface area contributed by atoms with Crippen LogP contribution in [0, 0.1) is 5.92 Å². The van der Waals surface area contributed by atoms with Gasteiger partial charge in [-0.3, -0.25) is 4.79 Å². The second kappa shape index (κ2) is 7.34. The molecule has 1 aromatic heterocycles. The highest BCUT2D eigenvalue weighted by Gasteiger charge is 2.33. The standard InChI is InChI=1S/C15H23NOS2/c1-3-5-7-12(4-2)14(17)16-9-11-19-15(16)13-8-6-10-18-13/h6,8,10,12,15H,3-5,7,9,11H2,1-2H3/t12-,15-/m1/s1. The first kappa shape index (κ1) is 14.9. The number of carbonyl (C=O) groups excluding carboxylic acids is 1. The zero-order valence-electron chi connectivity index (χ0n) is 11.8. The number of thiophene rings is 1. The van der Waals surface area contributed by atoms with Gasteiger partial charge in [0, 0.05) is 23.1 Å². The molecule has 1 fully saturated rings. The fraction of sp³-hybridized carbons (Fsp3) is 0.667. The minimum Gasteiger partial charge on any atom is -0.325 e. The van der Waals surface area contributed by atoms with Crippen molar-refractivity contribution in [3.8, 4) is 0 Å². The molecule has 2 rings (SSSR count). The Morgan fingerprint density at radius 3 is 3.00 bits per heavy atom. The van der Waals surface area contributed by atoms with Gasteiger partial charge in [-0.2, -0.15) is 0 Å². The van der Waals surface area contributed by atoms with E-state index >= 15 is 0 Å². The molecular weight excluding hydrogens is 274 g/mol. The summed E-state index contributed by atoms with van der Waals surface area (Å²) in [5.74, 6) is 1.67. The highest BCUT2D eigenvalue weighted by molar-refractivity contribution is 7.99. The van der Waals surface area contributed by atoms with Gasteiger partial charge in [0.1, 0.15) is 5.37 Å². The van der Waals surface area contributed by atoms with Crippen molar-refractivity contribution >= 4 is 29.0 Å². The summed E-state index contributed by atoms with van der Waals surface area (Å²) in [4.78, 5) is 16.1. The second-order valence-corrected chi connectivity index (χ2v) is 7.18. The first-order valence-corrected chi connectivity index (χ1v) is 9.16. The van der Waals surface area contributed by atoms with Gasteiger partial charge in [-0.25, -0.2) is 0 Å². The van der Waals surface area contributed by atoms with Crippen LogP contribution in [-0.4, -0.2) is 23.1 Å². The molecule has 1 aliphatic heterocycles. The van der Waals surface area contributed by atoms with E-state index in [2.05, 4.69) is 36.3 Å². The lowest BCUT2D eigenvalue weighted by Gasteiger charge is -2.27. The summed E-state index contributed by atoms with van der Waals surface area (Å²) in [7, 11) is 0. The fourth-order valence-corrected chi connectivity index (χ4v) is 4.79. The molecule has 2 nitrogen and oxygen atoms in total. The zero-order valence-corrected chi connectivity index (χ0v) is 13.4. The molecule has 1 aromatic rings. The summed E-state index contributed by atoms with van der Waals surface area (Å²) < 4.78 is 0. The lowest BCUT2D eigenvalue weighted by atomic mass is 9.97. The van der Waals surface area contributed by atoms with Crippen molar-refractivity contribution in [2.75, 3.05) is 12.3 Å². The molecule has 0 aliphatic carbocycles. The molecule has 19 heavy (non-hydrogen) atoms. The van der Waals surface area contributed by atoms with Gasteiger partial charge >= 0.3 is 0 Å². The van der Waals surface area contributed by atoms with E-state index in [1.54, 1.807) is 11.3 Å². The van der Waals surface area contributed by atoms with E-state index in [9.17, 15) is 4.79 Å². The topological polar surface area (TPSA) is 20.3 Å². The molecule has 0 spiro atoms. The Balaban J connectivity index is 2.04. The summed E-state index contributed by atoms with van der Waals surface area (Å²) in [5.41, 5.74) is 0. The van der Waals surface area contributed by atoms with Crippen molar-refractivity contribution in [1.29, 1.82) is 0 Å². The minimum atomic E-state index is 0.223. The van der Waals surface area contributed by atoms with Crippen molar-refractivity contribution in [1.82, 2.24) is 4.90 Å². The lowest BCUT2D eigenvalue weighted by molar-refractivity contribution is -0.136. The number of thioether (sulfide) groups is 1. The Hall–Kier alpha value is -0.480. The van der Waals surface area contributed by atoms with E-state index in [1.807, 2.05) is 11.8 Å². The SMILES string of the molecule is CCCC[C@@H](CC)C(=O)N1CCS[C@@H]1c1cccs1. The number of nitrogens with zero attached hydrogens (tertiary/aromatic N) is 1. The van der Waals surface area contributed by atoms with Crippen LogP contribution in [0.5, 0.6) is 0 Å². The van der Waals surface area contributed by atoms with Gasteiger partial charge in [-0.1, -0.05) is 32.8 Å². The van der Waals surface area contributed by atoms with E-state index in [1.165, 1.54) is 11.3 Å². The van der Waals surface area contributed by atoms with E-state index in [-0.39, 0.29) is 11.3 Å². The van der Waals surface area contributed by atoms with Crippen LogP contribution in [-0.2, 0) is 4.79 Å². The molecule has 0 radical (unpaired) electrons. The minimum absolute atomic E-state index is 0.223. The first-order valence-electron chi connectivity index (χ1n) is 7.23. The molecule has 0 unspecified atom stereocenters. The van der Waals surface area contributed by atoms with Crippen LogP contribution >= 0.6 is 23.1 Å². The normalized spacial score (nSPS) is 20.7. The molecule has 0 saturated carbocycles. The van der Waals surface area contributed by atoms with Crippen LogP contribution in [0.25, 0.3) is 0 Å².